The summed E-state index contributed by atoms with van der Waals surface area (Å²) in [7, 11) is 0. The number of benzene rings is 1. The second kappa shape index (κ2) is 10.7. The van der Waals surface area contributed by atoms with Crippen LogP contribution in [0.15, 0.2) is 24.3 Å². The Bertz CT molecular complexity index is 785. The molecule has 0 bridgehead atoms. The third kappa shape index (κ3) is 5.82. The molecular formula is C24H34F3N3O2. The van der Waals surface area contributed by atoms with Gasteiger partial charge in [-0.05, 0) is 36.8 Å². The van der Waals surface area contributed by atoms with Gasteiger partial charge < -0.3 is 10.2 Å². The number of halogens is 3. The maximum absolute atomic E-state index is 13.3. The lowest BCUT2D eigenvalue weighted by atomic mass is 9.94. The van der Waals surface area contributed by atoms with Crippen LogP contribution in [0.1, 0.15) is 61.9 Å². The van der Waals surface area contributed by atoms with Gasteiger partial charge in [-0.2, -0.15) is 13.2 Å². The van der Waals surface area contributed by atoms with Crippen LogP contribution in [0.5, 0.6) is 0 Å². The summed E-state index contributed by atoms with van der Waals surface area (Å²) >= 11 is 0. The Morgan fingerprint density at radius 1 is 1.09 bits per heavy atom. The van der Waals surface area contributed by atoms with Crippen molar-refractivity contribution in [2.24, 2.45) is 11.8 Å². The van der Waals surface area contributed by atoms with Crippen molar-refractivity contribution in [3.63, 3.8) is 0 Å². The summed E-state index contributed by atoms with van der Waals surface area (Å²) in [6.45, 7) is 6.44. The van der Waals surface area contributed by atoms with Crippen LogP contribution in [0.3, 0.4) is 0 Å². The van der Waals surface area contributed by atoms with E-state index in [1.165, 1.54) is 23.1 Å². The minimum Gasteiger partial charge on any atom is -0.354 e. The monoisotopic (exact) mass is 453 g/mol. The highest BCUT2D eigenvalue weighted by Crippen LogP contribution is 2.33. The molecule has 2 atom stereocenters. The molecule has 0 unspecified atom stereocenters. The zero-order valence-electron chi connectivity index (χ0n) is 19.0. The molecule has 0 radical (unpaired) electrons. The summed E-state index contributed by atoms with van der Waals surface area (Å²) in [6, 6.07) is 4.70. The Labute approximate surface area is 188 Å². The average Bonchev–Trinajstić information content (AvgIpc) is 3.31. The van der Waals surface area contributed by atoms with Gasteiger partial charge in [0.05, 0.1) is 17.2 Å². The van der Waals surface area contributed by atoms with Crippen molar-refractivity contribution < 1.29 is 22.8 Å². The topological polar surface area (TPSA) is 52.7 Å². The number of carbonyl (C=O) groups excluding carboxylic acids is 2. The van der Waals surface area contributed by atoms with E-state index >= 15 is 0 Å². The van der Waals surface area contributed by atoms with Gasteiger partial charge in [-0.25, -0.2) is 0 Å². The molecule has 0 spiro atoms. The van der Waals surface area contributed by atoms with Crippen LogP contribution in [0.2, 0.25) is 0 Å². The molecule has 0 aromatic heterocycles. The van der Waals surface area contributed by atoms with Gasteiger partial charge in [0.2, 0.25) is 5.91 Å². The maximum atomic E-state index is 13.3. The van der Waals surface area contributed by atoms with Crippen LogP contribution >= 0.6 is 0 Å². The molecule has 8 heteroatoms. The smallest absolute Gasteiger partial charge is 0.354 e. The molecule has 1 heterocycles. The molecule has 1 aliphatic carbocycles. The molecule has 32 heavy (non-hydrogen) atoms. The second-order valence-corrected chi connectivity index (χ2v) is 9.12. The minimum absolute atomic E-state index is 0.0411. The Hall–Kier alpha value is -2.09. The van der Waals surface area contributed by atoms with E-state index < -0.39 is 17.6 Å². The summed E-state index contributed by atoms with van der Waals surface area (Å²) in [5.41, 5.74) is -1.22. The van der Waals surface area contributed by atoms with Crippen LogP contribution in [0, 0.1) is 11.8 Å². The summed E-state index contributed by atoms with van der Waals surface area (Å²) < 4.78 is 40.0. The number of hydrogen-bond acceptors (Lipinski definition) is 3. The lowest BCUT2D eigenvalue weighted by Crippen LogP contribution is -2.58. The van der Waals surface area contributed by atoms with Gasteiger partial charge in [0.15, 0.2) is 0 Å². The summed E-state index contributed by atoms with van der Waals surface area (Å²) in [5, 5.41) is 3.11. The van der Waals surface area contributed by atoms with Crippen molar-refractivity contribution in [1.29, 1.82) is 0 Å². The zero-order chi connectivity index (χ0) is 23.3. The first-order valence-electron chi connectivity index (χ1n) is 11.7. The van der Waals surface area contributed by atoms with E-state index in [0.717, 1.165) is 38.2 Å². The van der Waals surface area contributed by atoms with E-state index in [1.807, 2.05) is 0 Å². The van der Waals surface area contributed by atoms with Crippen molar-refractivity contribution in [2.75, 3.05) is 32.7 Å². The van der Waals surface area contributed by atoms with Gasteiger partial charge in [0, 0.05) is 32.7 Å². The standard InChI is InChI=1S/C24H34F3N3O2/c1-3-17(2)16-28-22(31)21(18-8-4-5-9-18)29-12-14-30(15-13-29)23(32)19-10-6-7-11-20(19)24(25,26)27/h6-7,10-11,17-18,21H,3-5,8-9,12-16H2,1-2H3,(H,28,31)/t17-,21-/m1/s1. The first-order valence-corrected chi connectivity index (χ1v) is 11.7. The fourth-order valence-electron chi connectivity index (χ4n) is 4.77. The SMILES string of the molecule is CC[C@@H](C)CNC(=O)[C@@H](C1CCCC1)N1CCN(C(=O)c2ccccc2C(F)(F)F)CC1. The number of hydrogen-bond donors (Lipinski definition) is 1. The van der Waals surface area contributed by atoms with Gasteiger partial charge in [-0.1, -0.05) is 45.2 Å². The molecule has 1 saturated carbocycles. The van der Waals surface area contributed by atoms with Crippen LogP contribution in [0.4, 0.5) is 13.2 Å². The maximum Gasteiger partial charge on any atom is 0.417 e. The molecule has 2 amide bonds. The number of amides is 2. The number of alkyl halides is 3. The van der Waals surface area contributed by atoms with Gasteiger partial charge >= 0.3 is 6.18 Å². The van der Waals surface area contributed by atoms with Crippen molar-refractivity contribution >= 4 is 11.8 Å². The number of nitrogens with one attached hydrogen (secondary N) is 1. The first-order chi connectivity index (χ1) is 15.2. The Morgan fingerprint density at radius 3 is 2.31 bits per heavy atom. The van der Waals surface area contributed by atoms with Gasteiger partial charge in [0.1, 0.15) is 0 Å². The lowest BCUT2D eigenvalue weighted by Gasteiger charge is -2.41. The number of rotatable bonds is 7. The molecule has 178 valence electrons. The first kappa shape index (κ1) is 24.6. The molecular weight excluding hydrogens is 419 g/mol. The predicted molar refractivity (Wildman–Crippen MR) is 117 cm³/mol. The quantitative estimate of drug-likeness (QED) is 0.674. The van der Waals surface area contributed by atoms with E-state index in [0.29, 0.717) is 44.6 Å². The Kier molecular flexibility index (Phi) is 8.20. The van der Waals surface area contributed by atoms with Crippen molar-refractivity contribution in [3.8, 4) is 0 Å². The highest BCUT2D eigenvalue weighted by Gasteiger charge is 2.39. The Balaban J connectivity index is 1.67. The molecule has 5 nitrogen and oxygen atoms in total. The number of carbonyl (C=O) groups is 2. The summed E-state index contributed by atoms with van der Waals surface area (Å²) in [4.78, 5) is 29.6. The molecule has 1 aromatic carbocycles. The molecule has 1 N–H and O–H groups in total. The second-order valence-electron chi connectivity index (χ2n) is 9.12. The van der Waals surface area contributed by atoms with Crippen molar-refractivity contribution in [2.45, 2.75) is 58.2 Å². The average molecular weight is 454 g/mol. The molecule has 2 aliphatic rings. The van der Waals surface area contributed by atoms with Crippen LogP contribution < -0.4 is 5.32 Å². The highest BCUT2D eigenvalue weighted by atomic mass is 19.4. The van der Waals surface area contributed by atoms with Crippen LogP contribution in [-0.4, -0.2) is 60.4 Å². The van der Waals surface area contributed by atoms with Gasteiger partial charge in [0.25, 0.3) is 5.91 Å². The zero-order valence-corrected chi connectivity index (χ0v) is 19.0. The lowest BCUT2D eigenvalue weighted by molar-refractivity contribution is -0.138. The third-order valence-corrected chi connectivity index (χ3v) is 6.89. The van der Waals surface area contributed by atoms with Crippen LogP contribution in [0.25, 0.3) is 0 Å². The van der Waals surface area contributed by atoms with Crippen LogP contribution in [-0.2, 0) is 11.0 Å². The minimum atomic E-state index is -4.57. The molecule has 1 saturated heterocycles. The van der Waals surface area contributed by atoms with Crippen molar-refractivity contribution in [3.05, 3.63) is 35.4 Å². The highest BCUT2D eigenvalue weighted by molar-refractivity contribution is 5.96. The normalized spacial score (nSPS) is 20.2. The van der Waals surface area contributed by atoms with Gasteiger partial charge in [-0.15, -0.1) is 0 Å². The largest absolute Gasteiger partial charge is 0.417 e. The van der Waals surface area contributed by atoms with Crippen molar-refractivity contribution in [1.82, 2.24) is 15.1 Å². The molecule has 2 fully saturated rings. The van der Waals surface area contributed by atoms with E-state index in [2.05, 4.69) is 24.1 Å². The van der Waals surface area contributed by atoms with Gasteiger partial charge in [-0.3, -0.25) is 14.5 Å². The molecule has 1 aliphatic heterocycles. The van der Waals surface area contributed by atoms with E-state index in [1.54, 1.807) is 0 Å². The number of nitrogens with zero attached hydrogens (tertiary/aromatic N) is 2. The fraction of sp³-hybridized carbons (Fsp3) is 0.667. The fourth-order valence-corrected chi connectivity index (χ4v) is 4.77. The summed E-state index contributed by atoms with van der Waals surface area (Å²) in [6.07, 6.45) is 0.682. The van der Waals surface area contributed by atoms with E-state index in [4.69, 9.17) is 0 Å². The molecule has 3 rings (SSSR count). The predicted octanol–water partition coefficient (Wildman–Crippen LogP) is 4.18. The molecule has 1 aromatic rings. The van der Waals surface area contributed by atoms with E-state index in [-0.39, 0.29) is 17.5 Å². The van der Waals surface area contributed by atoms with E-state index in [9.17, 15) is 22.8 Å². The number of piperazine rings is 1. The summed E-state index contributed by atoms with van der Waals surface area (Å²) in [5.74, 6) is 0.141. The third-order valence-electron chi connectivity index (χ3n) is 6.89. The Morgan fingerprint density at radius 2 is 1.72 bits per heavy atom.